The largest absolute Gasteiger partial charge is 0.381 e. The Morgan fingerprint density at radius 3 is 2.77 bits per heavy atom. The van der Waals surface area contributed by atoms with Crippen LogP contribution in [-0.4, -0.2) is 50.1 Å². The molecule has 0 atom stereocenters. The van der Waals surface area contributed by atoms with E-state index in [9.17, 15) is 4.79 Å². The van der Waals surface area contributed by atoms with Crippen LogP contribution < -0.4 is 5.32 Å². The molecule has 0 saturated carbocycles. The minimum Gasteiger partial charge on any atom is -0.381 e. The molecule has 1 N–H and O–H groups in total. The molecule has 26 heavy (non-hydrogen) atoms. The standard InChI is InChI=1S/C20H28N4O2/c1-19(2)7-15-17(16(25)8-19)20(14-9-21-23-18(14)22-15)11-24(12-20)10-13-3-5-26-6-4-13/h13,22H,3-12H2,1-2H3. The fourth-order valence-electron chi connectivity index (χ4n) is 5.56. The van der Waals surface area contributed by atoms with E-state index in [-0.39, 0.29) is 10.8 Å². The summed E-state index contributed by atoms with van der Waals surface area (Å²) in [5, 5.41) is 12.1. The van der Waals surface area contributed by atoms with Gasteiger partial charge in [0.1, 0.15) is 0 Å². The predicted molar refractivity (Wildman–Crippen MR) is 97.3 cm³/mol. The number of ketones is 1. The second kappa shape index (κ2) is 5.73. The molecule has 0 unspecified atom stereocenters. The Morgan fingerprint density at radius 1 is 1.23 bits per heavy atom. The maximum absolute atomic E-state index is 13.1. The van der Waals surface area contributed by atoms with Crippen LogP contribution in [0.15, 0.2) is 32.9 Å². The number of ether oxygens (including phenoxy) is 1. The van der Waals surface area contributed by atoms with Gasteiger partial charge >= 0.3 is 0 Å². The van der Waals surface area contributed by atoms with E-state index in [2.05, 4.69) is 34.3 Å². The Bertz CT molecular complexity index is 737. The summed E-state index contributed by atoms with van der Waals surface area (Å²) in [4.78, 5) is 15.7. The number of carbonyl (C=O) groups excluding carboxylic acids is 1. The molecular formula is C20H28N4O2. The van der Waals surface area contributed by atoms with Crippen molar-refractivity contribution in [2.24, 2.45) is 27.0 Å². The zero-order chi connectivity index (χ0) is 17.9. The van der Waals surface area contributed by atoms with Crippen molar-refractivity contribution in [1.82, 2.24) is 10.2 Å². The van der Waals surface area contributed by atoms with Crippen LogP contribution >= 0.6 is 0 Å². The molecule has 0 aromatic rings. The highest BCUT2D eigenvalue weighted by atomic mass is 16.5. The number of Topliss-reactive ketones (excluding diaryl/α,β-unsaturated/α-hetero) is 1. The van der Waals surface area contributed by atoms with E-state index in [4.69, 9.17) is 4.74 Å². The normalized spacial score (nSPS) is 30.3. The molecular weight excluding hydrogens is 328 g/mol. The van der Waals surface area contributed by atoms with Gasteiger partial charge < -0.3 is 15.0 Å². The van der Waals surface area contributed by atoms with E-state index in [1.54, 1.807) is 0 Å². The van der Waals surface area contributed by atoms with Gasteiger partial charge in [-0.25, -0.2) is 0 Å². The molecule has 5 aliphatic rings. The number of azo groups is 1. The van der Waals surface area contributed by atoms with Crippen LogP contribution in [0.5, 0.6) is 0 Å². The lowest BCUT2D eigenvalue weighted by atomic mass is 9.60. The van der Waals surface area contributed by atoms with Gasteiger partial charge in [-0.05, 0) is 30.6 Å². The number of likely N-dealkylation sites (tertiary alicyclic amines) is 1. The maximum atomic E-state index is 13.1. The van der Waals surface area contributed by atoms with Gasteiger partial charge in [0.25, 0.3) is 0 Å². The monoisotopic (exact) mass is 356 g/mol. The third kappa shape index (κ3) is 2.49. The minimum absolute atomic E-state index is 0.0173. The first-order valence-electron chi connectivity index (χ1n) is 9.92. The van der Waals surface area contributed by atoms with E-state index in [0.717, 1.165) is 75.1 Å². The van der Waals surface area contributed by atoms with Gasteiger partial charge in [-0.2, -0.15) is 5.11 Å². The lowest BCUT2D eigenvalue weighted by Gasteiger charge is -2.56. The average Bonchev–Trinajstić information content (AvgIpc) is 3.01. The van der Waals surface area contributed by atoms with Crippen molar-refractivity contribution in [3.8, 4) is 0 Å². The molecule has 0 amide bonds. The number of allylic oxidation sites excluding steroid dienone is 1. The summed E-state index contributed by atoms with van der Waals surface area (Å²) in [7, 11) is 0. The highest BCUT2D eigenvalue weighted by molar-refractivity contribution is 6.00. The Balaban J connectivity index is 1.42. The van der Waals surface area contributed by atoms with Crippen LogP contribution in [0.4, 0.5) is 0 Å². The lowest BCUT2D eigenvalue weighted by molar-refractivity contribution is -0.120. The molecule has 0 aromatic carbocycles. The summed E-state index contributed by atoms with van der Waals surface area (Å²) in [5.41, 5.74) is 3.27. The number of nitrogens with one attached hydrogen (secondary N) is 1. The summed E-state index contributed by atoms with van der Waals surface area (Å²) >= 11 is 0. The topological polar surface area (TPSA) is 66.3 Å². The average molecular weight is 356 g/mol. The number of nitrogens with zero attached hydrogens (tertiary/aromatic N) is 3. The van der Waals surface area contributed by atoms with Gasteiger partial charge in [0.2, 0.25) is 0 Å². The summed E-state index contributed by atoms with van der Waals surface area (Å²) in [6.07, 6.45) is 3.88. The quantitative estimate of drug-likeness (QED) is 0.826. The second-order valence-electron chi connectivity index (χ2n) is 9.45. The molecule has 2 fully saturated rings. The Hall–Kier alpha value is -1.53. The molecule has 1 aliphatic carbocycles. The number of rotatable bonds is 2. The predicted octanol–water partition coefficient (Wildman–Crippen LogP) is 2.64. The number of dihydropyridines is 1. The second-order valence-corrected chi connectivity index (χ2v) is 9.45. The summed E-state index contributed by atoms with van der Waals surface area (Å²) < 4.78 is 5.49. The minimum atomic E-state index is -0.141. The fraction of sp³-hybridized carbons (Fsp3) is 0.750. The smallest absolute Gasteiger partial charge is 0.162 e. The van der Waals surface area contributed by atoms with Gasteiger partial charge in [-0.1, -0.05) is 13.8 Å². The van der Waals surface area contributed by atoms with Gasteiger partial charge in [0.15, 0.2) is 11.6 Å². The molecule has 0 aromatic heterocycles. The van der Waals surface area contributed by atoms with Gasteiger partial charge in [-0.3, -0.25) is 4.79 Å². The third-order valence-electron chi connectivity index (χ3n) is 6.73. The first-order chi connectivity index (χ1) is 12.5. The van der Waals surface area contributed by atoms with Crippen LogP contribution in [0.1, 0.15) is 39.5 Å². The van der Waals surface area contributed by atoms with Crippen molar-refractivity contribution in [2.45, 2.75) is 39.5 Å². The molecule has 1 spiro atoms. The number of hydrogen-bond donors (Lipinski definition) is 1. The van der Waals surface area contributed by atoms with E-state index < -0.39 is 0 Å². The molecule has 5 rings (SSSR count). The molecule has 2 saturated heterocycles. The van der Waals surface area contributed by atoms with Crippen LogP contribution in [0.3, 0.4) is 0 Å². The zero-order valence-electron chi connectivity index (χ0n) is 15.8. The first-order valence-corrected chi connectivity index (χ1v) is 9.92. The number of carbonyl (C=O) groups is 1. The number of hydrogen-bond acceptors (Lipinski definition) is 6. The van der Waals surface area contributed by atoms with Crippen LogP contribution in [0.2, 0.25) is 0 Å². The highest BCUT2D eigenvalue weighted by Gasteiger charge is 2.57. The van der Waals surface area contributed by atoms with Crippen molar-refractivity contribution in [3.63, 3.8) is 0 Å². The van der Waals surface area contributed by atoms with E-state index in [0.29, 0.717) is 18.7 Å². The van der Waals surface area contributed by atoms with E-state index in [1.165, 1.54) is 5.57 Å². The Kier molecular flexibility index (Phi) is 3.67. The SMILES string of the molecule is CC1(C)CC(=O)C2=C(C1)NC1=C(CN=N1)C21CN(CC2CCOCC2)C1. The molecule has 0 bridgehead atoms. The van der Waals surface area contributed by atoms with E-state index in [1.807, 2.05) is 0 Å². The molecule has 6 heteroatoms. The van der Waals surface area contributed by atoms with Gasteiger partial charge in [0, 0.05) is 56.1 Å². The van der Waals surface area contributed by atoms with Gasteiger partial charge in [-0.15, -0.1) is 5.11 Å². The van der Waals surface area contributed by atoms with Crippen molar-refractivity contribution in [2.75, 3.05) is 39.4 Å². The van der Waals surface area contributed by atoms with Crippen molar-refractivity contribution in [1.29, 1.82) is 0 Å². The zero-order valence-corrected chi connectivity index (χ0v) is 15.8. The van der Waals surface area contributed by atoms with Crippen molar-refractivity contribution in [3.05, 3.63) is 22.7 Å². The van der Waals surface area contributed by atoms with Crippen LogP contribution in [0.25, 0.3) is 0 Å². The summed E-state index contributed by atoms with van der Waals surface area (Å²) in [5.74, 6) is 1.97. The highest BCUT2D eigenvalue weighted by Crippen LogP contribution is 2.54. The molecule has 0 radical (unpaired) electrons. The Morgan fingerprint density at radius 2 is 2.00 bits per heavy atom. The lowest BCUT2D eigenvalue weighted by Crippen LogP contribution is -2.63. The van der Waals surface area contributed by atoms with Crippen molar-refractivity contribution >= 4 is 5.78 Å². The summed E-state index contributed by atoms with van der Waals surface area (Å²) in [6, 6.07) is 0. The summed E-state index contributed by atoms with van der Waals surface area (Å²) in [6.45, 7) is 9.80. The van der Waals surface area contributed by atoms with Crippen LogP contribution in [-0.2, 0) is 9.53 Å². The van der Waals surface area contributed by atoms with E-state index >= 15 is 0 Å². The maximum Gasteiger partial charge on any atom is 0.162 e. The molecule has 6 nitrogen and oxygen atoms in total. The molecule has 4 aliphatic heterocycles. The van der Waals surface area contributed by atoms with Crippen molar-refractivity contribution < 1.29 is 9.53 Å². The van der Waals surface area contributed by atoms with Crippen LogP contribution in [0, 0.1) is 16.7 Å². The third-order valence-corrected chi connectivity index (χ3v) is 6.73. The number of fused-ring (bicyclic) bond motifs is 2. The Labute approximate surface area is 154 Å². The molecule has 4 heterocycles. The van der Waals surface area contributed by atoms with Gasteiger partial charge in [0.05, 0.1) is 12.0 Å². The first kappa shape index (κ1) is 16.6. The fourth-order valence-corrected chi connectivity index (χ4v) is 5.56. The molecule has 140 valence electrons.